The number of aryl methyl sites for hydroxylation is 1. The van der Waals surface area contributed by atoms with Crippen molar-refractivity contribution in [1.29, 1.82) is 0 Å². The maximum atomic E-state index is 8.13. The first kappa shape index (κ1) is 11.4. The summed E-state index contributed by atoms with van der Waals surface area (Å²) in [7, 11) is 2.05. The molecule has 0 saturated carbocycles. The maximum Gasteiger partial charge on any atom is 0.0366 e. The molecule has 4 nitrogen and oxygen atoms in total. The number of azide groups is 1. The van der Waals surface area contributed by atoms with Gasteiger partial charge in [-0.05, 0) is 36.6 Å². The van der Waals surface area contributed by atoms with E-state index in [0.717, 1.165) is 13.0 Å². The molecule has 0 aliphatic heterocycles. The predicted molar refractivity (Wildman–Crippen MR) is 63.1 cm³/mol. The Morgan fingerprint density at radius 2 is 2.27 bits per heavy atom. The summed E-state index contributed by atoms with van der Waals surface area (Å²) in [6.45, 7) is 3.55. The zero-order valence-electron chi connectivity index (χ0n) is 9.22. The van der Waals surface area contributed by atoms with E-state index in [2.05, 4.69) is 46.1 Å². The van der Waals surface area contributed by atoms with Crippen LogP contribution in [-0.2, 0) is 0 Å². The van der Waals surface area contributed by atoms with Crippen LogP contribution in [0.15, 0.2) is 29.4 Å². The maximum absolute atomic E-state index is 8.13. The summed E-state index contributed by atoms with van der Waals surface area (Å²) in [4.78, 5) is 4.89. The SMILES string of the molecule is Cc1cccc(N(C)CCCN=[N+]=[N-])c1. The Balaban J connectivity index is 2.46. The van der Waals surface area contributed by atoms with E-state index in [1.54, 1.807) is 0 Å². The molecule has 0 aliphatic rings. The van der Waals surface area contributed by atoms with Crippen molar-refractivity contribution in [2.24, 2.45) is 5.11 Å². The van der Waals surface area contributed by atoms with Crippen molar-refractivity contribution in [1.82, 2.24) is 0 Å². The Morgan fingerprint density at radius 3 is 2.93 bits per heavy atom. The summed E-state index contributed by atoms with van der Waals surface area (Å²) in [5.74, 6) is 0. The third-order valence-electron chi connectivity index (χ3n) is 2.26. The van der Waals surface area contributed by atoms with E-state index in [1.807, 2.05) is 7.05 Å². The van der Waals surface area contributed by atoms with Crippen molar-refractivity contribution in [2.75, 3.05) is 25.0 Å². The van der Waals surface area contributed by atoms with Crippen molar-refractivity contribution in [3.63, 3.8) is 0 Å². The molecule has 4 heteroatoms. The zero-order chi connectivity index (χ0) is 11.1. The van der Waals surface area contributed by atoms with Crippen LogP contribution in [0, 0.1) is 6.92 Å². The second kappa shape index (κ2) is 5.94. The Hall–Kier alpha value is -1.67. The molecule has 1 rings (SSSR count). The van der Waals surface area contributed by atoms with E-state index in [1.165, 1.54) is 11.3 Å². The lowest BCUT2D eigenvalue weighted by Gasteiger charge is -2.19. The second-order valence-corrected chi connectivity index (χ2v) is 3.57. The number of benzene rings is 1. The van der Waals surface area contributed by atoms with Crippen LogP contribution in [-0.4, -0.2) is 20.1 Å². The molecule has 15 heavy (non-hydrogen) atoms. The molecule has 80 valence electrons. The number of nitrogens with zero attached hydrogens (tertiary/aromatic N) is 4. The zero-order valence-corrected chi connectivity index (χ0v) is 9.22. The molecular formula is C11H16N4. The van der Waals surface area contributed by atoms with Gasteiger partial charge < -0.3 is 4.90 Å². The van der Waals surface area contributed by atoms with Crippen molar-refractivity contribution in [3.8, 4) is 0 Å². The van der Waals surface area contributed by atoms with Gasteiger partial charge >= 0.3 is 0 Å². The summed E-state index contributed by atoms with van der Waals surface area (Å²) >= 11 is 0. The molecule has 0 amide bonds. The molecule has 1 aromatic rings. The Morgan fingerprint density at radius 1 is 1.47 bits per heavy atom. The number of anilines is 1. The van der Waals surface area contributed by atoms with Gasteiger partial charge in [0.25, 0.3) is 0 Å². The molecule has 1 aromatic carbocycles. The fourth-order valence-corrected chi connectivity index (χ4v) is 1.42. The fraction of sp³-hybridized carbons (Fsp3) is 0.455. The number of hydrogen-bond donors (Lipinski definition) is 0. The lowest BCUT2D eigenvalue weighted by atomic mass is 10.2. The van der Waals surface area contributed by atoms with Crippen molar-refractivity contribution >= 4 is 5.69 Å². The fourth-order valence-electron chi connectivity index (χ4n) is 1.42. The van der Waals surface area contributed by atoms with E-state index >= 15 is 0 Å². The molecule has 0 heterocycles. The van der Waals surface area contributed by atoms with Gasteiger partial charge in [0.15, 0.2) is 0 Å². The molecule has 0 N–H and O–H groups in total. The van der Waals surface area contributed by atoms with Crippen LogP contribution in [0.25, 0.3) is 10.4 Å². The van der Waals surface area contributed by atoms with Crippen molar-refractivity contribution in [2.45, 2.75) is 13.3 Å². The summed E-state index contributed by atoms with van der Waals surface area (Å²) in [6, 6.07) is 8.36. The minimum absolute atomic E-state index is 0.562. The third kappa shape index (κ3) is 3.92. The molecule has 0 spiro atoms. The van der Waals surface area contributed by atoms with Crippen LogP contribution in [0.5, 0.6) is 0 Å². The lowest BCUT2D eigenvalue weighted by molar-refractivity contribution is 0.792. The van der Waals surface area contributed by atoms with Crippen LogP contribution >= 0.6 is 0 Å². The molecule has 0 aliphatic carbocycles. The van der Waals surface area contributed by atoms with Gasteiger partial charge in [-0.2, -0.15) is 0 Å². The highest BCUT2D eigenvalue weighted by Gasteiger charge is 1.99. The Kier molecular flexibility index (Phi) is 4.51. The molecule has 0 atom stereocenters. The average Bonchev–Trinajstić information content (AvgIpc) is 2.24. The lowest BCUT2D eigenvalue weighted by Crippen LogP contribution is -2.19. The van der Waals surface area contributed by atoms with Crippen molar-refractivity contribution in [3.05, 3.63) is 40.3 Å². The highest BCUT2D eigenvalue weighted by Crippen LogP contribution is 2.14. The molecule has 0 saturated heterocycles. The molecule has 0 aromatic heterocycles. The van der Waals surface area contributed by atoms with E-state index < -0.39 is 0 Å². The first-order chi connectivity index (χ1) is 7.24. The van der Waals surface area contributed by atoms with Crippen LogP contribution in [0.3, 0.4) is 0 Å². The quantitative estimate of drug-likeness (QED) is 0.314. The molecule has 0 radical (unpaired) electrons. The summed E-state index contributed by atoms with van der Waals surface area (Å²) in [6.07, 6.45) is 0.883. The topological polar surface area (TPSA) is 52.0 Å². The molecule has 0 fully saturated rings. The largest absolute Gasteiger partial charge is 0.375 e. The highest BCUT2D eigenvalue weighted by atomic mass is 15.1. The highest BCUT2D eigenvalue weighted by molar-refractivity contribution is 5.47. The third-order valence-corrected chi connectivity index (χ3v) is 2.26. The van der Waals surface area contributed by atoms with E-state index in [4.69, 9.17) is 5.53 Å². The second-order valence-electron chi connectivity index (χ2n) is 3.57. The minimum atomic E-state index is 0.562. The summed E-state index contributed by atoms with van der Waals surface area (Å²) < 4.78 is 0. The van der Waals surface area contributed by atoms with Crippen LogP contribution in [0.2, 0.25) is 0 Å². The first-order valence-electron chi connectivity index (χ1n) is 5.02. The van der Waals surface area contributed by atoms with Crippen molar-refractivity contribution < 1.29 is 0 Å². The number of rotatable bonds is 5. The van der Waals surface area contributed by atoms with Gasteiger partial charge in [-0.3, -0.25) is 0 Å². The molecular weight excluding hydrogens is 188 g/mol. The van der Waals surface area contributed by atoms with Gasteiger partial charge in [-0.1, -0.05) is 17.2 Å². The Bertz CT molecular complexity index is 355. The van der Waals surface area contributed by atoms with Gasteiger partial charge in [0.1, 0.15) is 0 Å². The van der Waals surface area contributed by atoms with Gasteiger partial charge in [0.05, 0.1) is 0 Å². The van der Waals surface area contributed by atoms with E-state index in [-0.39, 0.29) is 0 Å². The predicted octanol–water partition coefficient (Wildman–Crippen LogP) is 3.13. The smallest absolute Gasteiger partial charge is 0.0366 e. The van der Waals surface area contributed by atoms with Gasteiger partial charge in [0.2, 0.25) is 0 Å². The average molecular weight is 204 g/mol. The van der Waals surface area contributed by atoms with Crippen LogP contribution < -0.4 is 4.90 Å². The van der Waals surface area contributed by atoms with Gasteiger partial charge in [-0.15, -0.1) is 0 Å². The normalized spacial score (nSPS) is 9.47. The Labute approximate surface area is 90.1 Å². The van der Waals surface area contributed by atoms with Crippen LogP contribution in [0.4, 0.5) is 5.69 Å². The molecule has 0 bridgehead atoms. The van der Waals surface area contributed by atoms with Crippen LogP contribution in [0.1, 0.15) is 12.0 Å². The first-order valence-corrected chi connectivity index (χ1v) is 5.02. The summed E-state index contributed by atoms with van der Waals surface area (Å²) in [5.41, 5.74) is 10.6. The van der Waals surface area contributed by atoms with E-state index in [0.29, 0.717) is 6.54 Å². The van der Waals surface area contributed by atoms with Gasteiger partial charge in [-0.25, -0.2) is 0 Å². The van der Waals surface area contributed by atoms with Gasteiger partial charge in [0, 0.05) is 30.7 Å². The number of hydrogen-bond acceptors (Lipinski definition) is 2. The standard InChI is InChI=1S/C11H16N4/c1-10-5-3-6-11(9-10)15(2)8-4-7-13-14-12/h3,5-6,9H,4,7-8H2,1-2H3. The van der Waals surface area contributed by atoms with E-state index in [9.17, 15) is 0 Å². The minimum Gasteiger partial charge on any atom is -0.375 e. The summed E-state index contributed by atoms with van der Waals surface area (Å²) in [5, 5.41) is 3.51. The monoisotopic (exact) mass is 204 g/mol. The molecule has 0 unspecified atom stereocenters.